The second kappa shape index (κ2) is 8.56. The van der Waals surface area contributed by atoms with Gasteiger partial charge in [-0.2, -0.15) is 0 Å². The van der Waals surface area contributed by atoms with Gasteiger partial charge in [0.1, 0.15) is 0 Å². The predicted octanol–water partition coefficient (Wildman–Crippen LogP) is 3.57. The number of aromatic hydroxyl groups is 1. The highest BCUT2D eigenvalue weighted by atomic mass is 16.5. The number of methoxy groups -OCH3 is 4. The van der Waals surface area contributed by atoms with Crippen LogP contribution in [0.1, 0.15) is 11.1 Å². The summed E-state index contributed by atoms with van der Waals surface area (Å²) < 4.78 is 21.2. The second-order valence-corrected chi connectivity index (χ2v) is 6.11. The van der Waals surface area contributed by atoms with Crippen LogP contribution in [0.3, 0.4) is 0 Å². The molecule has 3 rings (SSSR count). The van der Waals surface area contributed by atoms with Crippen molar-refractivity contribution in [1.29, 1.82) is 0 Å². The first kappa shape index (κ1) is 19.4. The molecule has 2 aromatic carbocycles. The SMILES string of the molecule is COc1ccc(CCN=Cc2c(O)[nH]c3cc(OC)c(OC)cc23)cc1OC. The fourth-order valence-corrected chi connectivity index (χ4v) is 3.04. The zero-order valence-corrected chi connectivity index (χ0v) is 16.4. The van der Waals surface area contributed by atoms with Crippen LogP contribution in [0, 0.1) is 0 Å². The van der Waals surface area contributed by atoms with Gasteiger partial charge in [0.05, 0.1) is 39.5 Å². The number of rotatable bonds is 8. The number of nitrogens with zero attached hydrogens (tertiary/aromatic N) is 1. The van der Waals surface area contributed by atoms with Crippen LogP contribution in [0.2, 0.25) is 0 Å². The maximum Gasteiger partial charge on any atom is 0.198 e. The zero-order chi connectivity index (χ0) is 20.1. The molecule has 0 bridgehead atoms. The lowest BCUT2D eigenvalue weighted by atomic mass is 10.1. The van der Waals surface area contributed by atoms with Crippen molar-refractivity contribution in [2.45, 2.75) is 6.42 Å². The lowest BCUT2D eigenvalue weighted by Crippen LogP contribution is -1.95. The van der Waals surface area contributed by atoms with Crippen molar-refractivity contribution in [2.75, 3.05) is 35.0 Å². The Kier molecular flexibility index (Phi) is 5.93. The van der Waals surface area contributed by atoms with Crippen LogP contribution in [0.25, 0.3) is 10.9 Å². The van der Waals surface area contributed by atoms with Crippen molar-refractivity contribution in [3.8, 4) is 28.9 Å². The fraction of sp³-hybridized carbons (Fsp3) is 0.286. The average molecular weight is 384 g/mol. The van der Waals surface area contributed by atoms with E-state index < -0.39 is 0 Å². The third kappa shape index (κ3) is 3.83. The molecule has 3 aromatic rings. The lowest BCUT2D eigenvalue weighted by Gasteiger charge is -2.08. The highest BCUT2D eigenvalue weighted by Gasteiger charge is 2.13. The normalized spacial score (nSPS) is 11.1. The van der Waals surface area contributed by atoms with Crippen molar-refractivity contribution in [2.24, 2.45) is 4.99 Å². The summed E-state index contributed by atoms with van der Waals surface area (Å²) in [5, 5.41) is 11.1. The van der Waals surface area contributed by atoms with Crippen LogP contribution in [0.4, 0.5) is 0 Å². The van der Waals surface area contributed by atoms with Gasteiger partial charge < -0.3 is 29.0 Å². The highest BCUT2D eigenvalue weighted by molar-refractivity contribution is 6.03. The predicted molar refractivity (Wildman–Crippen MR) is 109 cm³/mol. The van der Waals surface area contributed by atoms with E-state index in [1.807, 2.05) is 24.3 Å². The minimum atomic E-state index is 0.0557. The van der Waals surface area contributed by atoms with Gasteiger partial charge in [-0.25, -0.2) is 0 Å². The maximum atomic E-state index is 10.2. The third-order valence-electron chi connectivity index (χ3n) is 4.52. The molecule has 0 aliphatic rings. The standard InChI is InChI=1S/C21H24N2O5/c1-25-17-6-5-13(9-18(17)26-2)7-8-22-12-15-14-10-19(27-3)20(28-4)11-16(14)23-21(15)24/h5-6,9-12,23-24H,7-8H2,1-4H3. The molecule has 7 nitrogen and oxygen atoms in total. The Balaban J connectivity index is 1.77. The van der Waals surface area contributed by atoms with Gasteiger partial charge >= 0.3 is 0 Å². The Morgan fingerprint density at radius 1 is 0.893 bits per heavy atom. The summed E-state index contributed by atoms with van der Waals surface area (Å²) in [6.45, 7) is 0.564. The highest BCUT2D eigenvalue weighted by Crippen LogP contribution is 2.36. The third-order valence-corrected chi connectivity index (χ3v) is 4.52. The van der Waals surface area contributed by atoms with E-state index in [-0.39, 0.29) is 5.88 Å². The number of ether oxygens (including phenoxy) is 4. The van der Waals surface area contributed by atoms with E-state index in [1.165, 1.54) is 0 Å². The van der Waals surface area contributed by atoms with Crippen molar-refractivity contribution < 1.29 is 24.1 Å². The van der Waals surface area contributed by atoms with E-state index in [9.17, 15) is 5.11 Å². The molecule has 148 valence electrons. The summed E-state index contributed by atoms with van der Waals surface area (Å²) in [5.41, 5.74) is 2.45. The van der Waals surface area contributed by atoms with Crippen molar-refractivity contribution in [3.63, 3.8) is 0 Å². The first-order chi connectivity index (χ1) is 13.6. The summed E-state index contributed by atoms with van der Waals surface area (Å²) in [4.78, 5) is 7.40. The average Bonchev–Trinajstić information content (AvgIpc) is 3.03. The first-order valence-corrected chi connectivity index (χ1v) is 8.78. The lowest BCUT2D eigenvalue weighted by molar-refractivity contribution is 0.354. The van der Waals surface area contributed by atoms with Gasteiger partial charge in [-0.15, -0.1) is 0 Å². The van der Waals surface area contributed by atoms with Crippen LogP contribution in [-0.4, -0.2) is 51.3 Å². The van der Waals surface area contributed by atoms with Crippen LogP contribution in [-0.2, 0) is 6.42 Å². The number of aromatic nitrogens is 1. The van der Waals surface area contributed by atoms with E-state index in [2.05, 4.69) is 9.98 Å². The molecule has 0 spiro atoms. The Bertz CT molecular complexity index is 994. The van der Waals surface area contributed by atoms with Gasteiger partial charge in [0.2, 0.25) is 0 Å². The summed E-state index contributed by atoms with van der Waals surface area (Å²) >= 11 is 0. The number of hydrogen-bond donors (Lipinski definition) is 2. The molecule has 0 radical (unpaired) electrons. The summed E-state index contributed by atoms with van der Waals surface area (Å²) in [6.07, 6.45) is 2.40. The van der Waals surface area contributed by atoms with Gasteiger partial charge in [0.15, 0.2) is 28.9 Å². The van der Waals surface area contributed by atoms with Crippen molar-refractivity contribution in [3.05, 3.63) is 41.5 Å². The number of aromatic amines is 1. The fourth-order valence-electron chi connectivity index (χ4n) is 3.04. The van der Waals surface area contributed by atoms with E-state index in [0.29, 0.717) is 35.1 Å². The van der Waals surface area contributed by atoms with Gasteiger partial charge in [-0.1, -0.05) is 6.07 Å². The molecule has 28 heavy (non-hydrogen) atoms. The Morgan fingerprint density at radius 2 is 1.54 bits per heavy atom. The van der Waals surface area contributed by atoms with Gasteiger partial charge in [0.25, 0.3) is 0 Å². The number of H-pyrrole nitrogens is 1. The van der Waals surface area contributed by atoms with Crippen LogP contribution < -0.4 is 18.9 Å². The van der Waals surface area contributed by atoms with E-state index in [0.717, 1.165) is 22.9 Å². The largest absolute Gasteiger partial charge is 0.494 e. The molecule has 0 unspecified atom stereocenters. The molecular weight excluding hydrogens is 360 g/mol. The van der Waals surface area contributed by atoms with Gasteiger partial charge in [0, 0.05) is 24.2 Å². The summed E-state index contributed by atoms with van der Waals surface area (Å²) in [6, 6.07) is 9.41. The van der Waals surface area contributed by atoms with Crippen LogP contribution in [0.15, 0.2) is 35.3 Å². The molecule has 0 amide bonds. The van der Waals surface area contributed by atoms with Crippen LogP contribution >= 0.6 is 0 Å². The van der Waals surface area contributed by atoms with Crippen LogP contribution in [0.5, 0.6) is 28.9 Å². The quantitative estimate of drug-likeness (QED) is 0.580. The molecule has 0 fully saturated rings. The summed E-state index contributed by atoms with van der Waals surface area (Å²) in [5.74, 6) is 2.63. The first-order valence-electron chi connectivity index (χ1n) is 8.78. The maximum absolute atomic E-state index is 10.2. The summed E-state index contributed by atoms with van der Waals surface area (Å²) in [7, 11) is 6.37. The van der Waals surface area contributed by atoms with Gasteiger partial charge in [-0.05, 0) is 30.2 Å². The monoisotopic (exact) mass is 384 g/mol. The molecule has 1 aromatic heterocycles. The Labute approximate surface area is 163 Å². The minimum absolute atomic E-state index is 0.0557. The van der Waals surface area contributed by atoms with E-state index >= 15 is 0 Å². The molecule has 0 saturated heterocycles. The number of benzene rings is 2. The number of fused-ring (bicyclic) bond motifs is 1. The molecular formula is C21H24N2O5. The Hall–Kier alpha value is -3.35. The molecule has 0 aliphatic heterocycles. The molecule has 0 saturated carbocycles. The number of hydrogen-bond acceptors (Lipinski definition) is 6. The molecule has 0 atom stereocenters. The minimum Gasteiger partial charge on any atom is -0.494 e. The van der Waals surface area contributed by atoms with Gasteiger partial charge in [-0.3, -0.25) is 4.99 Å². The molecule has 2 N–H and O–H groups in total. The molecule has 7 heteroatoms. The topological polar surface area (TPSA) is 85.3 Å². The number of nitrogens with one attached hydrogen (secondary N) is 1. The molecule has 0 aliphatic carbocycles. The number of aliphatic imine (C=N–C) groups is 1. The van der Waals surface area contributed by atoms with E-state index in [1.54, 1.807) is 40.7 Å². The van der Waals surface area contributed by atoms with Crippen molar-refractivity contribution >= 4 is 17.1 Å². The van der Waals surface area contributed by atoms with Crippen molar-refractivity contribution in [1.82, 2.24) is 4.98 Å². The Morgan fingerprint density at radius 3 is 2.21 bits per heavy atom. The molecule has 1 heterocycles. The van der Waals surface area contributed by atoms with E-state index in [4.69, 9.17) is 18.9 Å². The zero-order valence-electron chi connectivity index (χ0n) is 16.4. The second-order valence-electron chi connectivity index (χ2n) is 6.11. The smallest absolute Gasteiger partial charge is 0.198 e.